The van der Waals surface area contributed by atoms with E-state index in [9.17, 15) is 0 Å². The summed E-state index contributed by atoms with van der Waals surface area (Å²) in [6, 6.07) is 0. The van der Waals surface area contributed by atoms with Gasteiger partial charge in [-0.2, -0.15) is 0 Å². The van der Waals surface area contributed by atoms with Crippen molar-refractivity contribution in [2.45, 2.75) is 123 Å². The summed E-state index contributed by atoms with van der Waals surface area (Å²) in [5, 5.41) is 9.16. The molecule has 0 aliphatic rings. The van der Waals surface area contributed by atoms with E-state index in [0.717, 1.165) is 6.42 Å². The van der Waals surface area contributed by atoms with Gasteiger partial charge in [0.15, 0.2) is 0 Å². The Bertz CT molecular complexity index is 165. The summed E-state index contributed by atoms with van der Waals surface area (Å²) in [7, 11) is 0. The Morgan fingerprint density at radius 3 is 1.15 bits per heavy atom. The number of rotatable bonds is 16. The van der Waals surface area contributed by atoms with Gasteiger partial charge in [0.1, 0.15) is 0 Å². The SMILES string of the molecule is CCCCCCCCCCCCCCCCC[C@H](C)O. The van der Waals surface area contributed by atoms with Gasteiger partial charge in [0.25, 0.3) is 0 Å². The molecular formula is C19H40O. The molecule has 1 N–H and O–H groups in total. The Morgan fingerprint density at radius 1 is 0.550 bits per heavy atom. The number of aliphatic hydroxyl groups is 1. The van der Waals surface area contributed by atoms with Crippen molar-refractivity contribution in [2.24, 2.45) is 0 Å². The average molecular weight is 285 g/mol. The van der Waals surface area contributed by atoms with Gasteiger partial charge in [0.2, 0.25) is 0 Å². The van der Waals surface area contributed by atoms with Crippen LogP contribution in [0.4, 0.5) is 0 Å². The lowest BCUT2D eigenvalue weighted by Crippen LogP contribution is -1.98. The fourth-order valence-corrected chi connectivity index (χ4v) is 2.81. The minimum atomic E-state index is -0.100. The van der Waals surface area contributed by atoms with Crippen molar-refractivity contribution in [1.29, 1.82) is 0 Å². The van der Waals surface area contributed by atoms with Crippen LogP contribution in [0, 0.1) is 0 Å². The summed E-state index contributed by atoms with van der Waals surface area (Å²) in [5.74, 6) is 0. The number of unbranched alkanes of at least 4 members (excludes halogenated alkanes) is 14. The predicted octanol–water partition coefficient (Wildman–Crippen LogP) is 6.63. The summed E-state index contributed by atoms with van der Waals surface area (Å²) < 4.78 is 0. The minimum absolute atomic E-state index is 0.100. The maximum Gasteiger partial charge on any atom is 0.0512 e. The van der Waals surface area contributed by atoms with Crippen LogP contribution in [0.15, 0.2) is 0 Å². The molecule has 0 spiro atoms. The van der Waals surface area contributed by atoms with Crippen molar-refractivity contribution in [2.75, 3.05) is 0 Å². The van der Waals surface area contributed by atoms with Crippen LogP contribution in [0.25, 0.3) is 0 Å². The van der Waals surface area contributed by atoms with Crippen LogP contribution in [0.3, 0.4) is 0 Å². The monoisotopic (exact) mass is 284 g/mol. The molecule has 0 heterocycles. The molecular weight excluding hydrogens is 244 g/mol. The maximum absolute atomic E-state index is 9.16. The summed E-state index contributed by atoms with van der Waals surface area (Å²) in [6.45, 7) is 4.18. The zero-order valence-corrected chi connectivity index (χ0v) is 14.3. The number of hydrogen-bond donors (Lipinski definition) is 1. The summed E-state index contributed by atoms with van der Waals surface area (Å²) in [5.41, 5.74) is 0. The third-order valence-corrected chi connectivity index (χ3v) is 4.23. The molecule has 1 atom stereocenters. The van der Waals surface area contributed by atoms with Crippen LogP contribution in [-0.4, -0.2) is 11.2 Å². The Morgan fingerprint density at radius 2 is 0.850 bits per heavy atom. The molecule has 0 amide bonds. The third-order valence-electron chi connectivity index (χ3n) is 4.23. The Labute approximate surface area is 128 Å². The van der Waals surface area contributed by atoms with Crippen LogP contribution >= 0.6 is 0 Å². The van der Waals surface area contributed by atoms with Gasteiger partial charge in [-0.1, -0.05) is 103 Å². The average Bonchev–Trinajstić information content (AvgIpc) is 2.43. The molecule has 1 heteroatoms. The van der Waals surface area contributed by atoms with Gasteiger partial charge in [-0.25, -0.2) is 0 Å². The van der Waals surface area contributed by atoms with E-state index < -0.39 is 0 Å². The molecule has 20 heavy (non-hydrogen) atoms. The van der Waals surface area contributed by atoms with Crippen LogP contribution in [-0.2, 0) is 0 Å². The molecule has 0 rings (SSSR count). The van der Waals surface area contributed by atoms with Crippen LogP contribution in [0.1, 0.15) is 117 Å². The lowest BCUT2D eigenvalue weighted by molar-refractivity contribution is 0.180. The standard InChI is InChI=1S/C19H40O/c1-3-4-5-6-7-8-9-10-11-12-13-14-15-16-17-18-19(2)20/h19-20H,3-18H2,1-2H3/t19-/m0/s1. The van der Waals surface area contributed by atoms with Gasteiger partial charge in [-0.15, -0.1) is 0 Å². The quantitative estimate of drug-likeness (QED) is 0.315. The first kappa shape index (κ1) is 20.0. The first-order valence-corrected chi connectivity index (χ1v) is 9.45. The van der Waals surface area contributed by atoms with Gasteiger partial charge in [0.05, 0.1) is 6.10 Å². The molecule has 0 aromatic heterocycles. The molecule has 0 radical (unpaired) electrons. The lowest BCUT2D eigenvalue weighted by atomic mass is 10.0. The minimum Gasteiger partial charge on any atom is -0.393 e. The second kappa shape index (κ2) is 17.0. The van der Waals surface area contributed by atoms with Crippen molar-refractivity contribution in [1.82, 2.24) is 0 Å². The highest BCUT2D eigenvalue weighted by molar-refractivity contribution is 4.51. The first-order chi connectivity index (χ1) is 9.77. The molecule has 0 bridgehead atoms. The Kier molecular flexibility index (Phi) is 17.0. The topological polar surface area (TPSA) is 20.2 Å². The first-order valence-electron chi connectivity index (χ1n) is 9.45. The highest BCUT2D eigenvalue weighted by Gasteiger charge is 1.96. The van der Waals surface area contributed by atoms with Crippen molar-refractivity contribution in [3.8, 4) is 0 Å². The highest BCUT2D eigenvalue weighted by atomic mass is 16.3. The molecule has 0 aliphatic heterocycles. The number of hydrogen-bond acceptors (Lipinski definition) is 1. The van der Waals surface area contributed by atoms with Gasteiger partial charge in [-0.05, 0) is 13.3 Å². The van der Waals surface area contributed by atoms with Crippen LogP contribution in [0.5, 0.6) is 0 Å². The van der Waals surface area contributed by atoms with Crippen molar-refractivity contribution >= 4 is 0 Å². The second-order valence-electron chi connectivity index (χ2n) is 6.59. The summed E-state index contributed by atoms with van der Waals surface area (Å²) in [4.78, 5) is 0. The molecule has 0 aliphatic carbocycles. The van der Waals surface area contributed by atoms with E-state index in [4.69, 9.17) is 5.11 Å². The van der Waals surface area contributed by atoms with Crippen molar-refractivity contribution < 1.29 is 5.11 Å². The number of aliphatic hydroxyl groups excluding tert-OH is 1. The fraction of sp³-hybridized carbons (Fsp3) is 1.00. The van der Waals surface area contributed by atoms with Crippen LogP contribution in [0.2, 0.25) is 0 Å². The Hall–Kier alpha value is -0.0400. The molecule has 0 fully saturated rings. The van der Waals surface area contributed by atoms with Crippen molar-refractivity contribution in [3.05, 3.63) is 0 Å². The highest BCUT2D eigenvalue weighted by Crippen LogP contribution is 2.13. The smallest absolute Gasteiger partial charge is 0.0512 e. The van der Waals surface area contributed by atoms with Gasteiger partial charge < -0.3 is 5.11 Å². The normalized spacial score (nSPS) is 12.8. The maximum atomic E-state index is 9.16. The Balaban J connectivity index is 2.92. The largest absolute Gasteiger partial charge is 0.393 e. The summed E-state index contributed by atoms with van der Waals surface area (Å²) >= 11 is 0. The van der Waals surface area contributed by atoms with Gasteiger partial charge in [0, 0.05) is 0 Å². The van der Waals surface area contributed by atoms with Crippen LogP contribution < -0.4 is 0 Å². The lowest BCUT2D eigenvalue weighted by Gasteiger charge is -2.04. The fourth-order valence-electron chi connectivity index (χ4n) is 2.81. The second-order valence-corrected chi connectivity index (χ2v) is 6.59. The predicted molar refractivity (Wildman–Crippen MR) is 91.2 cm³/mol. The van der Waals surface area contributed by atoms with Gasteiger partial charge in [-0.3, -0.25) is 0 Å². The molecule has 1 nitrogen and oxygen atoms in total. The summed E-state index contributed by atoms with van der Waals surface area (Å²) in [6.07, 6.45) is 22.0. The van der Waals surface area contributed by atoms with E-state index in [-0.39, 0.29) is 6.10 Å². The molecule has 0 saturated heterocycles. The van der Waals surface area contributed by atoms with Gasteiger partial charge >= 0.3 is 0 Å². The van der Waals surface area contributed by atoms with Crippen molar-refractivity contribution in [3.63, 3.8) is 0 Å². The van der Waals surface area contributed by atoms with E-state index in [1.54, 1.807) is 0 Å². The molecule has 122 valence electrons. The molecule has 0 aromatic rings. The zero-order valence-electron chi connectivity index (χ0n) is 14.3. The van der Waals surface area contributed by atoms with E-state index in [0.29, 0.717) is 0 Å². The molecule has 0 saturated carbocycles. The van der Waals surface area contributed by atoms with E-state index in [1.165, 1.54) is 96.3 Å². The van der Waals surface area contributed by atoms with E-state index in [2.05, 4.69) is 6.92 Å². The van der Waals surface area contributed by atoms with E-state index >= 15 is 0 Å². The zero-order chi connectivity index (χ0) is 14.9. The molecule has 0 unspecified atom stereocenters. The third kappa shape index (κ3) is 18.0. The van der Waals surface area contributed by atoms with E-state index in [1.807, 2.05) is 6.92 Å². The molecule has 0 aromatic carbocycles.